The second kappa shape index (κ2) is 8.46. The fraction of sp³-hybridized carbons (Fsp3) is 0.143. The summed E-state index contributed by atoms with van der Waals surface area (Å²) in [6.07, 6.45) is 6.19. The van der Waals surface area contributed by atoms with E-state index in [-0.39, 0.29) is 0 Å². The Labute approximate surface area is 177 Å². The van der Waals surface area contributed by atoms with Gasteiger partial charge in [-0.3, -0.25) is 0 Å². The molecule has 0 saturated heterocycles. The van der Waals surface area contributed by atoms with Crippen molar-refractivity contribution in [3.63, 3.8) is 0 Å². The van der Waals surface area contributed by atoms with E-state index in [0.29, 0.717) is 13.2 Å². The summed E-state index contributed by atoms with van der Waals surface area (Å²) in [5, 5.41) is 2.23. The molecular formula is C28H24O2. The Kier molecular flexibility index (Phi) is 5.22. The monoisotopic (exact) mass is 392 g/mol. The van der Waals surface area contributed by atoms with Crippen LogP contribution in [-0.4, -0.2) is 0 Å². The van der Waals surface area contributed by atoms with Gasteiger partial charge in [0.1, 0.15) is 24.7 Å². The normalized spacial score (nSPS) is 12.5. The predicted molar refractivity (Wildman–Crippen MR) is 122 cm³/mol. The average Bonchev–Trinajstić information content (AvgIpc) is 2.82. The molecule has 2 heteroatoms. The van der Waals surface area contributed by atoms with Crippen LogP contribution in [0.5, 0.6) is 11.5 Å². The summed E-state index contributed by atoms with van der Waals surface area (Å²) in [6.45, 7) is 1.12. The van der Waals surface area contributed by atoms with Gasteiger partial charge in [0.15, 0.2) is 0 Å². The SMILES string of the molecule is C1=CCc2c(c(OCc3ccccc3)c3ccccc3c2OCc2ccccc2)C1. The molecule has 0 spiro atoms. The molecule has 0 N–H and O–H groups in total. The number of hydrogen-bond acceptors (Lipinski definition) is 2. The van der Waals surface area contributed by atoms with Crippen molar-refractivity contribution in [3.05, 3.63) is 119 Å². The minimum absolute atomic E-state index is 0.561. The third-order valence-corrected chi connectivity index (χ3v) is 5.59. The number of benzene rings is 4. The second-order valence-corrected chi connectivity index (χ2v) is 7.59. The molecule has 5 rings (SSSR count). The molecule has 1 aliphatic carbocycles. The number of hydrogen-bond donors (Lipinski definition) is 0. The van der Waals surface area contributed by atoms with Crippen molar-refractivity contribution in [2.75, 3.05) is 0 Å². The van der Waals surface area contributed by atoms with E-state index in [4.69, 9.17) is 9.47 Å². The van der Waals surface area contributed by atoms with E-state index in [9.17, 15) is 0 Å². The minimum Gasteiger partial charge on any atom is -0.488 e. The summed E-state index contributed by atoms with van der Waals surface area (Å²) in [5.41, 5.74) is 4.84. The van der Waals surface area contributed by atoms with Crippen LogP contribution in [0.15, 0.2) is 97.1 Å². The largest absolute Gasteiger partial charge is 0.488 e. The van der Waals surface area contributed by atoms with Crippen LogP contribution >= 0.6 is 0 Å². The lowest BCUT2D eigenvalue weighted by molar-refractivity contribution is 0.298. The Bertz CT molecular complexity index is 1080. The van der Waals surface area contributed by atoms with Gasteiger partial charge in [0.25, 0.3) is 0 Å². The van der Waals surface area contributed by atoms with Crippen molar-refractivity contribution >= 4 is 10.8 Å². The lowest BCUT2D eigenvalue weighted by Gasteiger charge is -2.23. The van der Waals surface area contributed by atoms with Gasteiger partial charge in [-0.15, -0.1) is 0 Å². The first-order chi connectivity index (χ1) is 14.9. The molecule has 148 valence electrons. The van der Waals surface area contributed by atoms with Crippen molar-refractivity contribution in [2.24, 2.45) is 0 Å². The maximum absolute atomic E-state index is 6.43. The smallest absolute Gasteiger partial charge is 0.131 e. The topological polar surface area (TPSA) is 18.5 Å². The van der Waals surface area contributed by atoms with Gasteiger partial charge in [-0.25, -0.2) is 0 Å². The van der Waals surface area contributed by atoms with Crippen LogP contribution in [0.3, 0.4) is 0 Å². The minimum atomic E-state index is 0.561. The van der Waals surface area contributed by atoms with Gasteiger partial charge in [0.05, 0.1) is 0 Å². The summed E-state index contributed by atoms with van der Waals surface area (Å²) in [7, 11) is 0. The molecule has 0 bridgehead atoms. The molecule has 0 fully saturated rings. The van der Waals surface area contributed by atoms with Crippen LogP contribution in [-0.2, 0) is 26.1 Å². The molecule has 0 heterocycles. The fourth-order valence-corrected chi connectivity index (χ4v) is 4.10. The molecule has 4 aromatic rings. The average molecular weight is 392 g/mol. The molecule has 2 nitrogen and oxygen atoms in total. The Hall–Kier alpha value is -3.52. The molecule has 0 saturated carbocycles. The first kappa shape index (κ1) is 18.5. The highest BCUT2D eigenvalue weighted by atomic mass is 16.5. The summed E-state index contributed by atoms with van der Waals surface area (Å²) >= 11 is 0. The zero-order valence-corrected chi connectivity index (χ0v) is 16.9. The molecule has 4 aromatic carbocycles. The molecule has 1 aliphatic rings. The fourth-order valence-electron chi connectivity index (χ4n) is 4.10. The Balaban J connectivity index is 1.56. The third kappa shape index (κ3) is 3.69. The first-order valence-corrected chi connectivity index (χ1v) is 10.4. The number of fused-ring (bicyclic) bond motifs is 2. The maximum Gasteiger partial charge on any atom is 0.131 e. The zero-order valence-electron chi connectivity index (χ0n) is 16.9. The van der Waals surface area contributed by atoms with Crippen LogP contribution in [0.1, 0.15) is 22.3 Å². The lowest BCUT2D eigenvalue weighted by Crippen LogP contribution is -2.08. The van der Waals surface area contributed by atoms with Gasteiger partial charge in [0, 0.05) is 21.9 Å². The van der Waals surface area contributed by atoms with Gasteiger partial charge < -0.3 is 9.47 Å². The van der Waals surface area contributed by atoms with Crippen molar-refractivity contribution in [2.45, 2.75) is 26.1 Å². The van der Waals surface area contributed by atoms with Gasteiger partial charge in [-0.1, -0.05) is 97.1 Å². The highest BCUT2D eigenvalue weighted by Gasteiger charge is 2.22. The first-order valence-electron chi connectivity index (χ1n) is 10.4. The Morgan fingerprint density at radius 1 is 0.500 bits per heavy atom. The number of rotatable bonds is 6. The summed E-state index contributed by atoms with van der Waals surface area (Å²) in [5.74, 6) is 1.97. The highest BCUT2D eigenvalue weighted by molar-refractivity contribution is 5.96. The number of allylic oxidation sites excluding steroid dienone is 2. The molecule has 0 aromatic heterocycles. The Morgan fingerprint density at radius 2 is 0.900 bits per heavy atom. The van der Waals surface area contributed by atoms with Crippen molar-refractivity contribution in [1.29, 1.82) is 0 Å². The molecule has 0 unspecified atom stereocenters. The van der Waals surface area contributed by atoms with E-state index < -0.39 is 0 Å². The lowest BCUT2D eigenvalue weighted by atomic mass is 9.90. The highest BCUT2D eigenvalue weighted by Crippen LogP contribution is 2.43. The Morgan fingerprint density at radius 3 is 1.33 bits per heavy atom. The van der Waals surface area contributed by atoms with E-state index in [1.165, 1.54) is 22.3 Å². The molecule has 0 atom stereocenters. The molecule has 0 radical (unpaired) electrons. The zero-order chi connectivity index (χ0) is 20.2. The van der Waals surface area contributed by atoms with Gasteiger partial charge in [0.2, 0.25) is 0 Å². The summed E-state index contributed by atoms with van der Waals surface area (Å²) in [4.78, 5) is 0. The standard InChI is InChI=1S/C28H24O2/c1-3-11-21(12-4-1)19-29-27-23-15-7-9-17-25(23)28(26-18-10-8-16-24(26)27)30-20-22-13-5-2-6-14-22/h1-15,17H,16,18-20H2. The van der Waals surface area contributed by atoms with E-state index in [1.807, 2.05) is 12.1 Å². The summed E-state index contributed by atoms with van der Waals surface area (Å²) < 4.78 is 12.9. The van der Waals surface area contributed by atoms with E-state index in [2.05, 4.69) is 84.9 Å². The molecule has 30 heavy (non-hydrogen) atoms. The third-order valence-electron chi connectivity index (χ3n) is 5.59. The van der Waals surface area contributed by atoms with E-state index in [1.54, 1.807) is 0 Å². The molecule has 0 aliphatic heterocycles. The molecular weight excluding hydrogens is 368 g/mol. The predicted octanol–water partition coefficient (Wildman–Crippen LogP) is 6.65. The van der Waals surface area contributed by atoms with Gasteiger partial charge >= 0.3 is 0 Å². The van der Waals surface area contributed by atoms with E-state index in [0.717, 1.165) is 35.1 Å². The van der Waals surface area contributed by atoms with Crippen LogP contribution in [0.4, 0.5) is 0 Å². The number of ether oxygens (including phenoxy) is 2. The van der Waals surface area contributed by atoms with Gasteiger partial charge in [-0.05, 0) is 24.0 Å². The van der Waals surface area contributed by atoms with Crippen molar-refractivity contribution in [1.82, 2.24) is 0 Å². The van der Waals surface area contributed by atoms with E-state index >= 15 is 0 Å². The van der Waals surface area contributed by atoms with Gasteiger partial charge in [-0.2, -0.15) is 0 Å². The van der Waals surface area contributed by atoms with Crippen LogP contribution < -0.4 is 9.47 Å². The van der Waals surface area contributed by atoms with Crippen LogP contribution in [0.2, 0.25) is 0 Å². The second-order valence-electron chi connectivity index (χ2n) is 7.59. The maximum atomic E-state index is 6.43. The van der Waals surface area contributed by atoms with Crippen LogP contribution in [0, 0.1) is 0 Å². The summed E-state index contributed by atoms with van der Waals surface area (Å²) in [6, 6.07) is 29.1. The molecule has 0 amide bonds. The van der Waals surface area contributed by atoms with Crippen molar-refractivity contribution in [3.8, 4) is 11.5 Å². The quantitative estimate of drug-likeness (QED) is 0.342. The van der Waals surface area contributed by atoms with Crippen LogP contribution in [0.25, 0.3) is 10.8 Å². The van der Waals surface area contributed by atoms with Crippen molar-refractivity contribution < 1.29 is 9.47 Å².